The number of anilines is 2. The Balaban J connectivity index is 0.983. The predicted octanol–water partition coefficient (Wildman–Crippen LogP) is 17.2. The molecule has 2 aromatic heterocycles. The van der Waals surface area contributed by atoms with E-state index in [1.807, 2.05) is 0 Å². The van der Waals surface area contributed by atoms with Crippen molar-refractivity contribution in [2.45, 2.75) is 94.8 Å². The molecule has 2 atom stereocenters. The maximum atomic E-state index is 6.98. The first kappa shape index (κ1) is 41.3. The van der Waals surface area contributed by atoms with Gasteiger partial charge >= 0.3 is 6.85 Å². The van der Waals surface area contributed by atoms with Crippen LogP contribution >= 0.6 is 0 Å². The number of furan rings is 1. The van der Waals surface area contributed by atoms with Crippen LogP contribution in [0.4, 0.5) is 11.4 Å². The van der Waals surface area contributed by atoms with Crippen molar-refractivity contribution in [3.8, 4) is 27.9 Å². The van der Waals surface area contributed by atoms with Crippen LogP contribution in [0.2, 0.25) is 0 Å². The first-order valence-electron chi connectivity index (χ1n) is 28.5. The lowest BCUT2D eigenvalue weighted by Gasteiger charge is -2.57. The number of hydrogen-bond acceptors (Lipinski definition) is 2. The summed E-state index contributed by atoms with van der Waals surface area (Å²) < 4.78 is 9.77. The van der Waals surface area contributed by atoms with Gasteiger partial charge in [-0.2, -0.15) is 0 Å². The highest BCUT2D eigenvalue weighted by atomic mass is 16.3. The molecule has 4 heteroatoms. The van der Waals surface area contributed by atoms with Crippen LogP contribution in [-0.4, -0.2) is 11.4 Å². The lowest BCUT2D eigenvalue weighted by atomic mass is 9.42. The van der Waals surface area contributed by atoms with Gasteiger partial charge < -0.3 is 13.8 Å². The summed E-state index contributed by atoms with van der Waals surface area (Å²) in [7, 11) is 0. The smallest absolute Gasteiger partial charge is 0.333 e. The SMILES string of the molecule is CCC1(c2ccc3c(c2)c2cc(C45CC6CC(CC(C6)C4)C5)cc4c2n3-c2c3c(cc5ccccc25)-c2c(ccc5oc6cc7ccccc7cc6c25)N(c2ccc(-c5ccccc5)cc2)B34)CC2CCC(C2)C1. The van der Waals surface area contributed by atoms with Crippen LogP contribution < -0.4 is 15.7 Å². The molecular formula is C70H59BN2O. The summed E-state index contributed by atoms with van der Waals surface area (Å²) in [6, 6.07) is 64.0. The lowest BCUT2D eigenvalue weighted by Crippen LogP contribution is -2.61. The molecule has 9 aromatic carbocycles. The van der Waals surface area contributed by atoms with E-state index in [2.05, 4.69) is 180 Å². The first-order chi connectivity index (χ1) is 36.5. The Labute approximate surface area is 433 Å². The molecule has 74 heavy (non-hydrogen) atoms. The molecule has 6 bridgehead atoms. The molecule has 0 spiro atoms. The van der Waals surface area contributed by atoms with Gasteiger partial charge in [-0.3, -0.25) is 0 Å². The fourth-order valence-electron chi connectivity index (χ4n) is 18.6. The lowest BCUT2D eigenvalue weighted by molar-refractivity contribution is -0.00509. The third-order valence-electron chi connectivity index (χ3n) is 21.2. The van der Waals surface area contributed by atoms with Crippen molar-refractivity contribution in [3.63, 3.8) is 0 Å². The molecule has 2 unspecified atom stereocenters. The first-order valence-corrected chi connectivity index (χ1v) is 28.5. The molecule has 0 amide bonds. The Kier molecular flexibility index (Phi) is 8.17. The molecule has 4 heterocycles. The minimum absolute atomic E-state index is 0.0697. The largest absolute Gasteiger partial charge is 0.456 e. The van der Waals surface area contributed by atoms with Crippen molar-refractivity contribution >= 4 is 94.4 Å². The van der Waals surface area contributed by atoms with Crippen LogP contribution in [0.3, 0.4) is 0 Å². The molecule has 19 rings (SSSR count). The van der Waals surface area contributed by atoms with Crippen LogP contribution in [0.1, 0.15) is 95.1 Å². The van der Waals surface area contributed by atoms with E-state index < -0.39 is 0 Å². The molecule has 6 saturated carbocycles. The minimum atomic E-state index is -0.0697. The van der Waals surface area contributed by atoms with Crippen LogP contribution in [0, 0.1) is 29.6 Å². The number of benzene rings is 9. The van der Waals surface area contributed by atoms with E-state index >= 15 is 0 Å². The Hall–Kier alpha value is -7.04. The molecule has 11 aromatic rings. The highest BCUT2D eigenvalue weighted by Gasteiger charge is 2.53. The Morgan fingerprint density at radius 1 is 0.541 bits per heavy atom. The van der Waals surface area contributed by atoms with E-state index in [1.165, 1.54) is 181 Å². The van der Waals surface area contributed by atoms with E-state index in [1.54, 1.807) is 11.1 Å². The molecule has 0 N–H and O–H groups in total. The van der Waals surface area contributed by atoms with Crippen molar-refractivity contribution in [2.75, 3.05) is 4.81 Å². The predicted molar refractivity (Wildman–Crippen MR) is 309 cm³/mol. The molecule has 3 nitrogen and oxygen atoms in total. The molecule has 0 radical (unpaired) electrons. The maximum Gasteiger partial charge on any atom is 0.333 e. The monoisotopic (exact) mass is 954 g/mol. The van der Waals surface area contributed by atoms with E-state index in [0.717, 1.165) is 40.8 Å². The number of rotatable bonds is 5. The van der Waals surface area contributed by atoms with Crippen molar-refractivity contribution in [3.05, 3.63) is 175 Å². The second-order valence-corrected chi connectivity index (χ2v) is 25.0. The van der Waals surface area contributed by atoms with Crippen LogP contribution in [0.25, 0.3) is 93.2 Å². The third-order valence-corrected chi connectivity index (χ3v) is 21.2. The van der Waals surface area contributed by atoms with E-state index in [0.29, 0.717) is 0 Å². The fourth-order valence-corrected chi connectivity index (χ4v) is 18.6. The van der Waals surface area contributed by atoms with Crippen LogP contribution in [-0.2, 0) is 10.8 Å². The molecule has 8 aliphatic rings. The van der Waals surface area contributed by atoms with Gasteiger partial charge in [-0.25, -0.2) is 0 Å². The Morgan fingerprint density at radius 2 is 1.22 bits per heavy atom. The van der Waals surface area contributed by atoms with Gasteiger partial charge in [0.15, 0.2) is 0 Å². The van der Waals surface area contributed by atoms with Crippen molar-refractivity contribution in [1.82, 2.24) is 4.57 Å². The molecule has 0 saturated heterocycles. The van der Waals surface area contributed by atoms with Crippen LogP contribution in [0.15, 0.2) is 168 Å². The number of aromatic nitrogens is 1. The second kappa shape index (κ2) is 14.6. The summed E-state index contributed by atoms with van der Waals surface area (Å²) in [5.74, 6) is 4.31. The van der Waals surface area contributed by atoms with Gasteiger partial charge in [0.25, 0.3) is 0 Å². The van der Waals surface area contributed by atoms with Gasteiger partial charge in [0, 0.05) is 43.9 Å². The van der Waals surface area contributed by atoms with Crippen molar-refractivity contribution in [2.24, 2.45) is 29.6 Å². The Bertz CT molecular complexity index is 4190. The molecule has 2 aliphatic heterocycles. The van der Waals surface area contributed by atoms with Gasteiger partial charge in [-0.15, -0.1) is 0 Å². The standard InChI is InChI=1S/C70H59BN2O/c1-2-69(36-41-16-17-42(26-41)37-69)51-20-23-60-55(33-51)56-34-52(70-38-43-27-44(39-70)29-45(28-43)40-70)35-59-67(56)72(60)68-54-15-9-8-14-50(54)31-58-64-61(24-25-62-65(64)57-30-48-12-6-7-13-49(48)32-63(57)74-62)73(71(59)66(58)68)53-21-18-47(19-22-53)46-10-4-3-5-11-46/h3-15,18-25,30-35,41-45H,2,16-17,26-29,36-40H2,1H3. The Morgan fingerprint density at radius 3 is 1.97 bits per heavy atom. The summed E-state index contributed by atoms with van der Waals surface area (Å²) in [5, 5.41) is 10.4. The molecule has 358 valence electrons. The zero-order valence-corrected chi connectivity index (χ0v) is 42.3. The summed E-state index contributed by atoms with van der Waals surface area (Å²) >= 11 is 0. The number of hydrogen-bond donors (Lipinski definition) is 0. The fraction of sp³-hybridized carbons (Fsp3) is 0.286. The van der Waals surface area contributed by atoms with Gasteiger partial charge in [-0.05, 0) is 220 Å². The summed E-state index contributed by atoms with van der Waals surface area (Å²) in [6.07, 6.45) is 16.6. The maximum absolute atomic E-state index is 6.98. The third kappa shape index (κ3) is 5.49. The van der Waals surface area contributed by atoms with Crippen molar-refractivity contribution < 1.29 is 4.42 Å². The van der Waals surface area contributed by atoms with Gasteiger partial charge in [0.05, 0.1) is 16.7 Å². The second-order valence-electron chi connectivity index (χ2n) is 25.0. The van der Waals surface area contributed by atoms with Crippen LogP contribution in [0.5, 0.6) is 0 Å². The van der Waals surface area contributed by atoms with E-state index in [4.69, 9.17) is 4.42 Å². The molecule has 6 aliphatic carbocycles. The normalized spacial score (nSPS) is 26.1. The highest BCUT2D eigenvalue weighted by molar-refractivity contribution is 6.94. The zero-order chi connectivity index (χ0) is 48.2. The minimum Gasteiger partial charge on any atom is -0.456 e. The summed E-state index contributed by atoms with van der Waals surface area (Å²) in [5.41, 5.74) is 20.1. The van der Waals surface area contributed by atoms with Crippen molar-refractivity contribution in [1.29, 1.82) is 0 Å². The zero-order valence-electron chi connectivity index (χ0n) is 42.3. The van der Waals surface area contributed by atoms with Gasteiger partial charge in [0.1, 0.15) is 11.2 Å². The average molecular weight is 955 g/mol. The number of fused-ring (bicyclic) bond motifs is 16. The molecule has 6 fully saturated rings. The van der Waals surface area contributed by atoms with E-state index in [-0.39, 0.29) is 17.7 Å². The quantitative estimate of drug-likeness (QED) is 0.160. The average Bonchev–Trinajstić information content (AvgIpc) is 4.23. The number of nitrogens with zero attached hydrogens (tertiary/aromatic N) is 2. The molecular weight excluding hydrogens is 896 g/mol. The summed E-state index contributed by atoms with van der Waals surface area (Å²) in [4.78, 5) is 2.78. The highest BCUT2D eigenvalue weighted by Crippen LogP contribution is 2.62. The summed E-state index contributed by atoms with van der Waals surface area (Å²) in [6.45, 7) is 2.43. The van der Waals surface area contributed by atoms with E-state index in [9.17, 15) is 0 Å². The van der Waals surface area contributed by atoms with Gasteiger partial charge in [-0.1, -0.05) is 123 Å². The van der Waals surface area contributed by atoms with Gasteiger partial charge in [0.2, 0.25) is 0 Å². The topological polar surface area (TPSA) is 21.3 Å².